The maximum absolute atomic E-state index is 12.2. The summed E-state index contributed by atoms with van der Waals surface area (Å²) in [5.41, 5.74) is 0. The number of hydrogen-bond donors (Lipinski definition) is 0. The van der Waals surface area contributed by atoms with E-state index in [0.717, 1.165) is 31.5 Å². The molecule has 2 aliphatic rings. The van der Waals surface area contributed by atoms with Crippen LogP contribution in [0.1, 0.15) is 100 Å². The molecule has 8 heteroatoms. The maximum Gasteiger partial charge on any atom is 0.308 e. The van der Waals surface area contributed by atoms with Gasteiger partial charge < -0.3 is 28.7 Å². The van der Waals surface area contributed by atoms with Gasteiger partial charge in [-0.2, -0.15) is 0 Å². The molecule has 2 saturated heterocycles. The van der Waals surface area contributed by atoms with Crippen LogP contribution in [-0.2, 0) is 28.5 Å². The summed E-state index contributed by atoms with van der Waals surface area (Å²) in [4.78, 5) is 28.6. The third-order valence-corrected chi connectivity index (χ3v) is 7.99. The number of esters is 2. The Labute approximate surface area is 239 Å². The van der Waals surface area contributed by atoms with Gasteiger partial charge in [-0.1, -0.05) is 40.5 Å². The second kappa shape index (κ2) is 19.0. The Morgan fingerprint density at radius 1 is 0.795 bits per heavy atom. The predicted molar refractivity (Wildman–Crippen MR) is 157 cm³/mol. The highest BCUT2D eigenvalue weighted by molar-refractivity contribution is 5.71. The van der Waals surface area contributed by atoms with Crippen LogP contribution in [0.25, 0.3) is 0 Å². The van der Waals surface area contributed by atoms with Crippen LogP contribution in [0.4, 0.5) is 0 Å². The van der Waals surface area contributed by atoms with Gasteiger partial charge in [0.25, 0.3) is 0 Å². The first-order valence-electron chi connectivity index (χ1n) is 15.1. The lowest BCUT2D eigenvalue weighted by molar-refractivity contribution is -0.223. The van der Waals surface area contributed by atoms with Crippen LogP contribution in [0.5, 0.6) is 0 Å². The number of nitrogens with zero attached hydrogens (tertiary/aromatic N) is 2. The summed E-state index contributed by atoms with van der Waals surface area (Å²) in [6, 6.07) is 0.690. The van der Waals surface area contributed by atoms with Crippen LogP contribution in [-0.4, -0.2) is 92.7 Å². The van der Waals surface area contributed by atoms with Crippen LogP contribution in [0.3, 0.4) is 0 Å². The summed E-state index contributed by atoms with van der Waals surface area (Å²) >= 11 is 0. The molecule has 0 aromatic carbocycles. The standard InChI is InChI=1S/C30H56N2O6.CH4/c1-24(2)29(34)36-21-23-38-30(5,6)37-22-20-35-28(33)14-17-31-15-10-26(11-16-31)8-7-9-27-12-18-32(19-13-27)25(3)4;/h24-27H,7-23H2,1-6H3;1H4. The molecular formula is C31H60N2O6. The van der Waals surface area contributed by atoms with Crippen molar-refractivity contribution >= 4 is 11.9 Å². The topological polar surface area (TPSA) is 77.5 Å². The molecule has 0 saturated carbocycles. The summed E-state index contributed by atoms with van der Waals surface area (Å²) in [7, 11) is 0. The molecule has 230 valence electrons. The van der Waals surface area contributed by atoms with Crippen molar-refractivity contribution < 1.29 is 28.5 Å². The monoisotopic (exact) mass is 556 g/mol. The first-order valence-corrected chi connectivity index (χ1v) is 15.1. The molecule has 2 heterocycles. The molecule has 0 bridgehead atoms. The summed E-state index contributed by atoms with van der Waals surface area (Å²) in [5, 5.41) is 0. The molecule has 39 heavy (non-hydrogen) atoms. The number of carbonyl (C=O) groups excluding carboxylic acids is 2. The zero-order valence-corrected chi connectivity index (χ0v) is 25.2. The third kappa shape index (κ3) is 15.4. The van der Waals surface area contributed by atoms with E-state index in [9.17, 15) is 9.59 Å². The van der Waals surface area contributed by atoms with Gasteiger partial charge in [-0.15, -0.1) is 0 Å². The molecular weight excluding hydrogens is 496 g/mol. The summed E-state index contributed by atoms with van der Waals surface area (Å²) < 4.78 is 21.7. The maximum atomic E-state index is 12.2. The molecule has 0 atom stereocenters. The largest absolute Gasteiger partial charge is 0.463 e. The zero-order chi connectivity index (χ0) is 28.0. The molecule has 0 radical (unpaired) electrons. The summed E-state index contributed by atoms with van der Waals surface area (Å²) in [6.07, 6.45) is 9.81. The van der Waals surface area contributed by atoms with Gasteiger partial charge in [-0.3, -0.25) is 9.59 Å². The number of hydrogen-bond acceptors (Lipinski definition) is 8. The molecule has 0 spiro atoms. The first kappa shape index (κ1) is 35.8. The Morgan fingerprint density at radius 3 is 1.82 bits per heavy atom. The average molecular weight is 557 g/mol. The van der Waals surface area contributed by atoms with E-state index >= 15 is 0 Å². The van der Waals surface area contributed by atoms with Gasteiger partial charge in [-0.25, -0.2) is 0 Å². The fourth-order valence-corrected chi connectivity index (χ4v) is 5.35. The van der Waals surface area contributed by atoms with Crippen molar-refractivity contribution in [2.75, 3.05) is 59.2 Å². The fourth-order valence-electron chi connectivity index (χ4n) is 5.35. The smallest absolute Gasteiger partial charge is 0.308 e. The molecule has 0 aromatic heterocycles. The number of rotatable bonds is 17. The molecule has 8 nitrogen and oxygen atoms in total. The quantitative estimate of drug-likeness (QED) is 0.132. The normalized spacial score (nSPS) is 18.4. The van der Waals surface area contributed by atoms with Crippen molar-refractivity contribution in [1.29, 1.82) is 0 Å². The van der Waals surface area contributed by atoms with Crippen molar-refractivity contribution in [3.8, 4) is 0 Å². The Bertz CT molecular complexity index is 668. The van der Waals surface area contributed by atoms with E-state index in [1.165, 1.54) is 58.0 Å². The second-order valence-corrected chi connectivity index (χ2v) is 12.2. The lowest BCUT2D eigenvalue weighted by Crippen LogP contribution is -2.38. The van der Waals surface area contributed by atoms with Gasteiger partial charge in [0.15, 0.2) is 5.79 Å². The lowest BCUT2D eigenvalue weighted by atomic mass is 9.86. The number of likely N-dealkylation sites (tertiary alicyclic amines) is 2. The Hall–Kier alpha value is -1.22. The van der Waals surface area contributed by atoms with E-state index in [4.69, 9.17) is 18.9 Å². The minimum atomic E-state index is -0.841. The number of piperidine rings is 2. The molecule has 2 fully saturated rings. The van der Waals surface area contributed by atoms with Gasteiger partial charge in [-0.05, 0) is 91.4 Å². The van der Waals surface area contributed by atoms with Gasteiger partial charge in [0.1, 0.15) is 13.2 Å². The van der Waals surface area contributed by atoms with Crippen molar-refractivity contribution in [3.05, 3.63) is 0 Å². The van der Waals surface area contributed by atoms with Gasteiger partial charge in [0.05, 0.1) is 25.6 Å². The van der Waals surface area contributed by atoms with E-state index in [1.54, 1.807) is 27.7 Å². The highest BCUT2D eigenvalue weighted by Crippen LogP contribution is 2.27. The van der Waals surface area contributed by atoms with Gasteiger partial charge >= 0.3 is 11.9 Å². The SMILES string of the molecule is C.CC(C)C(=O)OCCOC(C)(C)OCCOC(=O)CCN1CCC(CCCC2CCN(C(C)C)CC2)CC1. The molecule has 0 unspecified atom stereocenters. The Kier molecular flexibility index (Phi) is 17.4. The minimum absolute atomic E-state index is 0. The fraction of sp³-hybridized carbons (Fsp3) is 0.935. The summed E-state index contributed by atoms with van der Waals surface area (Å²) in [6.45, 7) is 18.2. The zero-order valence-electron chi connectivity index (χ0n) is 25.2. The number of ether oxygens (including phenoxy) is 4. The van der Waals surface area contributed by atoms with Crippen LogP contribution in [0.2, 0.25) is 0 Å². The van der Waals surface area contributed by atoms with Crippen molar-refractivity contribution in [1.82, 2.24) is 9.80 Å². The van der Waals surface area contributed by atoms with E-state index in [1.807, 2.05) is 0 Å². The highest BCUT2D eigenvalue weighted by Gasteiger charge is 2.23. The predicted octanol–water partition coefficient (Wildman–Crippen LogP) is 5.53. The number of carbonyl (C=O) groups is 2. The van der Waals surface area contributed by atoms with Gasteiger partial charge in [0.2, 0.25) is 0 Å². The molecule has 2 rings (SSSR count). The molecule has 0 aliphatic carbocycles. The molecule has 0 aromatic rings. The first-order chi connectivity index (χ1) is 18.1. The van der Waals surface area contributed by atoms with E-state index in [0.29, 0.717) is 12.5 Å². The second-order valence-electron chi connectivity index (χ2n) is 12.2. The van der Waals surface area contributed by atoms with Crippen molar-refractivity contribution in [2.24, 2.45) is 17.8 Å². The minimum Gasteiger partial charge on any atom is -0.463 e. The van der Waals surface area contributed by atoms with Crippen LogP contribution in [0.15, 0.2) is 0 Å². The van der Waals surface area contributed by atoms with Gasteiger partial charge in [0, 0.05) is 12.6 Å². The molecule has 0 amide bonds. The van der Waals surface area contributed by atoms with E-state index < -0.39 is 5.79 Å². The summed E-state index contributed by atoms with van der Waals surface area (Å²) in [5.74, 6) is 0.358. The molecule has 0 N–H and O–H groups in total. The van der Waals surface area contributed by atoms with E-state index in [-0.39, 0.29) is 51.7 Å². The lowest BCUT2D eigenvalue weighted by Gasteiger charge is -2.35. The van der Waals surface area contributed by atoms with Crippen LogP contribution < -0.4 is 0 Å². The van der Waals surface area contributed by atoms with Crippen molar-refractivity contribution in [2.45, 2.75) is 112 Å². The van der Waals surface area contributed by atoms with Crippen LogP contribution >= 0.6 is 0 Å². The average Bonchev–Trinajstić information content (AvgIpc) is 2.88. The Morgan fingerprint density at radius 2 is 1.31 bits per heavy atom. The van der Waals surface area contributed by atoms with Crippen LogP contribution in [0, 0.1) is 17.8 Å². The molecule has 2 aliphatic heterocycles. The highest BCUT2D eigenvalue weighted by atomic mass is 16.7. The van der Waals surface area contributed by atoms with Crippen molar-refractivity contribution in [3.63, 3.8) is 0 Å². The van der Waals surface area contributed by atoms with E-state index in [2.05, 4.69) is 23.6 Å². The third-order valence-electron chi connectivity index (χ3n) is 7.99. The Balaban J connectivity index is 0.00000760.